The molecule has 1 heterocycles. The van der Waals surface area contributed by atoms with Crippen LogP contribution < -0.4 is 0 Å². The molecule has 0 saturated carbocycles. The molecule has 0 N–H and O–H groups in total. The molecule has 0 fully saturated rings. The first kappa shape index (κ1) is 16.4. The third kappa shape index (κ3) is 3.26. The Kier molecular flexibility index (Phi) is 4.79. The van der Waals surface area contributed by atoms with Gasteiger partial charge >= 0.3 is 6.18 Å². The highest BCUT2D eigenvalue weighted by Gasteiger charge is 2.39. The van der Waals surface area contributed by atoms with Crippen molar-refractivity contribution < 1.29 is 17.9 Å². The van der Waals surface area contributed by atoms with E-state index in [1.165, 1.54) is 30.5 Å². The van der Waals surface area contributed by atoms with Gasteiger partial charge in [0.2, 0.25) is 0 Å². The fourth-order valence-electron chi connectivity index (χ4n) is 2.10. The summed E-state index contributed by atoms with van der Waals surface area (Å²) in [4.78, 5) is 0. The first-order valence-electron chi connectivity index (χ1n) is 6.43. The van der Waals surface area contributed by atoms with E-state index >= 15 is 0 Å². The number of benzene rings is 1. The van der Waals surface area contributed by atoms with Crippen molar-refractivity contribution in [2.75, 3.05) is 6.61 Å². The molecule has 0 radical (unpaired) electrons. The second-order valence-corrected chi connectivity index (χ2v) is 4.90. The Morgan fingerprint density at radius 3 is 2.41 bits per heavy atom. The Morgan fingerprint density at radius 2 is 1.91 bits per heavy atom. The Labute approximate surface area is 130 Å². The summed E-state index contributed by atoms with van der Waals surface area (Å²) in [5.74, 6) is 0. The third-order valence-corrected chi connectivity index (χ3v) is 3.31. The molecule has 116 valence electrons. The molecule has 22 heavy (non-hydrogen) atoms. The molecular weight excluding hydrogens is 317 g/mol. The fourth-order valence-corrected chi connectivity index (χ4v) is 2.23. The van der Waals surface area contributed by atoms with E-state index in [2.05, 4.69) is 0 Å². The number of hydrogen-bond donors (Lipinski definition) is 0. The Balaban J connectivity index is 2.65. The number of nitrogens with zero attached hydrogens (tertiary/aromatic N) is 2. The summed E-state index contributed by atoms with van der Waals surface area (Å²) in [5, 5.41) is 9.52. The Morgan fingerprint density at radius 1 is 1.27 bits per heavy atom. The van der Waals surface area contributed by atoms with Gasteiger partial charge in [0, 0.05) is 29.1 Å². The number of hydrogen-bond acceptors (Lipinski definition) is 2. The van der Waals surface area contributed by atoms with Gasteiger partial charge in [0.05, 0.1) is 12.2 Å². The van der Waals surface area contributed by atoms with Gasteiger partial charge in [0.15, 0.2) is 0 Å². The minimum absolute atomic E-state index is 0.0595. The van der Waals surface area contributed by atoms with E-state index < -0.39 is 11.9 Å². The summed E-state index contributed by atoms with van der Waals surface area (Å²) < 4.78 is 46.3. The van der Waals surface area contributed by atoms with E-state index in [4.69, 9.17) is 21.6 Å². The van der Waals surface area contributed by atoms with E-state index in [1.54, 1.807) is 13.0 Å². The van der Waals surface area contributed by atoms with Crippen molar-refractivity contribution in [1.82, 2.24) is 4.57 Å². The van der Waals surface area contributed by atoms with Crippen LogP contribution >= 0.6 is 11.6 Å². The predicted octanol–water partition coefficient (Wildman–Crippen LogP) is 4.56. The average Bonchev–Trinajstić information content (AvgIpc) is 2.84. The van der Waals surface area contributed by atoms with Crippen LogP contribution in [0.4, 0.5) is 13.2 Å². The van der Waals surface area contributed by atoms with Crippen LogP contribution in [-0.4, -0.2) is 11.2 Å². The second-order valence-electron chi connectivity index (χ2n) is 4.46. The lowest BCUT2D eigenvalue weighted by atomic mass is 10.1. The highest BCUT2D eigenvalue weighted by atomic mass is 35.5. The second kappa shape index (κ2) is 6.42. The third-order valence-electron chi connectivity index (χ3n) is 3.05. The van der Waals surface area contributed by atoms with Crippen molar-refractivity contribution in [3.8, 4) is 11.8 Å². The van der Waals surface area contributed by atoms with Gasteiger partial charge in [-0.05, 0) is 31.2 Å². The monoisotopic (exact) mass is 328 g/mol. The van der Waals surface area contributed by atoms with E-state index in [0.29, 0.717) is 5.02 Å². The van der Waals surface area contributed by atoms with E-state index in [-0.39, 0.29) is 30.0 Å². The van der Waals surface area contributed by atoms with Crippen LogP contribution in [0.25, 0.3) is 5.69 Å². The summed E-state index contributed by atoms with van der Waals surface area (Å²) in [6.07, 6.45) is -3.44. The van der Waals surface area contributed by atoms with E-state index in [9.17, 15) is 13.2 Å². The maximum absolute atomic E-state index is 13.4. The molecule has 0 amide bonds. The zero-order chi connectivity index (χ0) is 16.3. The van der Waals surface area contributed by atoms with Crippen molar-refractivity contribution in [2.24, 2.45) is 0 Å². The number of nitriles is 1. The SMILES string of the molecule is CCOCc1c(C#N)cn(-c2ccc(Cl)cc2)c1C(F)(F)F. The zero-order valence-electron chi connectivity index (χ0n) is 11.6. The van der Waals surface area contributed by atoms with Gasteiger partial charge < -0.3 is 9.30 Å². The molecule has 0 unspecified atom stereocenters. The van der Waals surface area contributed by atoms with Gasteiger partial charge in [-0.15, -0.1) is 0 Å². The first-order chi connectivity index (χ1) is 10.4. The molecule has 0 saturated heterocycles. The zero-order valence-corrected chi connectivity index (χ0v) is 12.4. The van der Waals surface area contributed by atoms with Gasteiger partial charge in [0.1, 0.15) is 11.8 Å². The average molecular weight is 329 g/mol. The summed E-state index contributed by atoms with van der Waals surface area (Å²) in [5.41, 5.74) is -0.849. The molecule has 1 aromatic carbocycles. The topological polar surface area (TPSA) is 37.9 Å². The minimum Gasteiger partial charge on any atom is -0.377 e. The summed E-state index contributed by atoms with van der Waals surface area (Å²) >= 11 is 5.76. The number of rotatable bonds is 4. The van der Waals surface area contributed by atoms with Gasteiger partial charge in [0.25, 0.3) is 0 Å². The van der Waals surface area contributed by atoms with Crippen molar-refractivity contribution in [1.29, 1.82) is 5.26 Å². The fraction of sp³-hybridized carbons (Fsp3) is 0.267. The normalized spacial score (nSPS) is 11.5. The molecule has 1 aromatic heterocycles. The van der Waals surface area contributed by atoms with Gasteiger partial charge in [-0.1, -0.05) is 11.6 Å². The number of ether oxygens (including phenoxy) is 1. The molecule has 0 aliphatic rings. The van der Waals surface area contributed by atoms with Crippen molar-refractivity contribution in [3.63, 3.8) is 0 Å². The van der Waals surface area contributed by atoms with Gasteiger partial charge in [-0.3, -0.25) is 0 Å². The Hall–Kier alpha value is -1.97. The van der Waals surface area contributed by atoms with Crippen molar-refractivity contribution in [3.05, 3.63) is 52.3 Å². The van der Waals surface area contributed by atoms with Crippen molar-refractivity contribution >= 4 is 11.6 Å². The predicted molar refractivity (Wildman–Crippen MR) is 75.8 cm³/mol. The van der Waals surface area contributed by atoms with Crippen LogP contribution in [0, 0.1) is 11.3 Å². The molecule has 2 aromatic rings. The lowest BCUT2D eigenvalue weighted by molar-refractivity contribution is -0.143. The largest absolute Gasteiger partial charge is 0.432 e. The lowest BCUT2D eigenvalue weighted by Crippen LogP contribution is -2.15. The van der Waals surface area contributed by atoms with Crippen LogP contribution in [0.1, 0.15) is 23.7 Å². The van der Waals surface area contributed by atoms with Crippen molar-refractivity contribution in [2.45, 2.75) is 19.7 Å². The molecule has 0 spiro atoms. The van der Waals surface area contributed by atoms with Crippen LogP contribution in [0.3, 0.4) is 0 Å². The van der Waals surface area contributed by atoms with Gasteiger partial charge in [-0.2, -0.15) is 18.4 Å². The number of alkyl halides is 3. The molecule has 7 heteroatoms. The molecule has 2 rings (SSSR count). The van der Waals surface area contributed by atoms with E-state index in [1.807, 2.05) is 0 Å². The highest BCUT2D eigenvalue weighted by molar-refractivity contribution is 6.30. The maximum atomic E-state index is 13.4. The van der Waals surface area contributed by atoms with Crippen LogP contribution in [0.15, 0.2) is 30.5 Å². The van der Waals surface area contributed by atoms with E-state index in [0.717, 1.165) is 4.57 Å². The molecular formula is C15H12ClF3N2O. The van der Waals surface area contributed by atoms with Crippen LogP contribution in [0.5, 0.6) is 0 Å². The summed E-state index contributed by atoms with van der Waals surface area (Å²) in [6, 6.07) is 7.70. The highest BCUT2D eigenvalue weighted by Crippen LogP contribution is 2.37. The summed E-state index contributed by atoms with van der Waals surface area (Å²) in [6.45, 7) is 1.67. The molecule has 0 bridgehead atoms. The first-order valence-corrected chi connectivity index (χ1v) is 6.81. The number of aromatic nitrogens is 1. The summed E-state index contributed by atoms with van der Waals surface area (Å²) in [7, 11) is 0. The minimum atomic E-state index is -4.61. The molecule has 3 nitrogen and oxygen atoms in total. The van der Waals surface area contributed by atoms with Gasteiger partial charge in [-0.25, -0.2) is 0 Å². The number of halogens is 4. The quantitative estimate of drug-likeness (QED) is 0.825. The van der Waals surface area contributed by atoms with Crippen LogP contribution in [-0.2, 0) is 17.5 Å². The maximum Gasteiger partial charge on any atom is 0.432 e. The standard InChI is InChI=1S/C15H12ClF3N2O/c1-2-22-9-13-10(7-20)8-21(14(13)15(17,18)19)12-5-3-11(16)4-6-12/h3-6,8H,2,9H2,1H3. The molecule has 0 aliphatic heterocycles. The molecule has 0 atom stereocenters. The smallest absolute Gasteiger partial charge is 0.377 e. The lowest BCUT2D eigenvalue weighted by Gasteiger charge is -2.14. The molecule has 0 aliphatic carbocycles. The van der Waals surface area contributed by atoms with Crippen LogP contribution in [0.2, 0.25) is 5.02 Å². The Bertz CT molecular complexity index is 699.